The molecule has 16 nitrogen and oxygen atoms in total. The summed E-state index contributed by atoms with van der Waals surface area (Å²) in [6, 6.07) is 13.7. The number of aromatic nitrogens is 3. The molecular formula is C41H43FN8O8. The van der Waals surface area contributed by atoms with Gasteiger partial charge in [0.25, 0.3) is 11.5 Å². The summed E-state index contributed by atoms with van der Waals surface area (Å²) in [5.41, 5.74) is 15.2. The zero-order valence-electron chi connectivity index (χ0n) is 32.3. The van der Waals surface area contributed by atoms with Crippen LogP contribution in [0.5, 0.6) is 0 Å². The zero-order chi connectivity index (χ0) is 41.6. The lowest BCUT2D eigenvalue weighted by Gasteiger charge is -2.30. The van der Waals surface area contributed by atoms with Crippen molar-refractivity contribution in [2.75, 3.05) is 38.7 Å². The number of amides is 3. The number of aliphatic hydroxyl groups is 2. The van der Waals surface area contributed by atoms with E-state index in [1.165, 1.54) is 35.7 Å². The standard InChI is InChI=1S/C41H43FN8O8/c1-21-24-12-13-29(47-37(52)30-6-5-7-33(44)45-30)35-25-18-50-32(36(25)46-31(34(24)35)17-28(21)42)16-27(26(19-51)38(50)53)41(2,56)58-40(55)49(4)15-14-48(3)39(54)57-20-22-8-10-23(43)11-9-22/h5-11,16-17,29,51,56H,12-15,18-20,43H2,1-4H3,(H2,44,45)(H,47,52). The second-order valence-electron chi connectivity index (χ2n) is 14.7. The molecule has 2 atom stereocenters. The number of anilines is 2. The van der Waals surface area contributed by atoms with Crippen molar-refractivity contribution < 1.29 is 38.5 Å². The summed E-state index contributed by atoms with van der Waals surface area (Å²) < 4.78 is 27.6. The molecule has 0 radical (unpaired) electrons. The molecule has 0 fully saturated rings. The summed E-state index contributed by atoms with van der Waals surface area (Å²) in [4.78, 5) is 64.8. The van der Waals surface area contributed by atoms with E-state index in [0.29, 0.717) is 51.8 Å². The molecule has 58 heavy (non-hydrogen) atoms. The van der Waals surface area contributed by atoms with Gasteiger partial charge in [0.1, 0.15) is 23.9 Å². The highest BCUT2D eigenvalue weighted by atomic mass is 19.1. The highest BCUT2D eigenvalue weighted by Crippen LogP contribution is 2.45. The predicted molar refractivity (Wildman–Crippen MR) is 211 cm³/mol. The quantitative estimate of drug-likeness (QED) is 0.0985. The zero-order valence-corrected chi connectivity index (χ0v) is 32.3. The van der Waals surface area contributed by atoms with Crippen LogP contribution in [0.25, 0.3) is 22.3 Å². The fourth-order valence-corrected chi connectivity index (χ4v) is 7.52. The number of nitrogens with two attached hydrogens (primary N) is 2. The van der Waals surface area contributed by atoms with Gasteiger partial charge in [0, 0.05) is 62.4 Å². The second kappa shape index (κ2) is 15.4. The van der Waals surface area contributed by atoms with Gasteiger partial charge in [-0.05, 0) is 72.4 Å². The van der Waals surface area contributed by atoms with Gasteiger partial charge in [-0.25, -0.2) is 23.9 Å². The number of carbonyl (C=O) groups excluding carboxylic acids is 3. The van der Waals surface area contributed by atoms with Crippen molar-refractivity contribution in [1.82, 2.24) is 29.7 Å². The van der Waals surface area contributed by atoms with Crippen LogP contribution in [-0.2, 0) is 41.4 Å². The van der Waals surface area contributed by atoms with Gasteiger partial charge in [-0.2, -0.15) is 0 Å². The normalized spacial score (nSPS) is 14.9. The third-order valence-electron chi connectivity index (χ3n) is 10.7. The Kier molecular flexibility index (Phi) is 10.5. The van der Waals surface area contributed by atoms with Crippen molar-refractivity contribution in [3.05, 3.63) is 115 Å². The molecule has 5 aromatic rings. The number of nitrogens with zero attached hydrogens (tertiary/aromatic N) is 5. The Balaban J connectivity index is 1.16. The molecule has 0 saturated heterocycles. The van der Waals surface area contributed by atoms with Crippen LogP contribution >= 0.6 is 0 Å². The average Bonchev–Trinajstić information content (AvgIpc) is 3.57. The van der Waals surface area contributed by atoms with Gasteiger partial charge in [-0.3, -0.25) is 9.59 Å². The number of aryl methyl sites for hydroxylation is 1. The maximum Gasteiger partial charge on any atom is 0.412 e. The topological polar surface area (TPSA) is 228 Å². The summed E-state index contributed by atoms with van der Waals surface area (Å²) in [6.45, 7) is 2.10. The highest BCUT2D eigenvalue weighted by Gasteiger charge is 2.39. The lowest BCUT2D eigenvalue weighted by atomic mass is 9.81. The molecule has 1 aliphatic carbocycles. The van der Waals surface area contributed by atoms with Gasteiger partial charge < -0.3 is 50.8 Å². The maximum absolute atomic E-state index is 15.4. The number of likely N-dealkylation sites (N-methyl/N-ethyl adjacent to an activating group) is 2. The summed E-state index contributed by atoms with van der Waals surface area (Å²) in [7, 11) is 2.90. The summed E-state index contributed by atoms with van der Waals surface area (Å²) in [5, 5.41) is 25.9. The average molecular weight is 795 g/mol. The third kappa shape index (κ3) is 7.36. The number of nitrogen functional groups attached to an aromatic ring is 2. The molecule has 4 heterocycles. The molecule has 2 aromatic carbocycles. The number of carbonyl (C=O) groups is 3. The smallest absolute Gasteiger partial charge is 0.412 e. The Labute approximate surface area is 331 Å². The van der Waals surface area contributed by atoms with Crippen molar-refractivity contribution in [2.45, 2.75) is 58.3 Å². The van der Waals surface area contributed by atoms with E-state index in [2.05, 4.69) is 10.3 Å². The van der Waals surface area contributed by atoms with E-state index in [1.807, 2.05) is 0 Å². The van der Waals surface area contributed by atoms with Crippen molar-refractivity contribution in [1.29, 1.82) is 0 Å². The van der Waals surface area contributed by atoms with Crippen LogP contribution in [-0.4, -0.2) is 79.8 Å². The van der Waals surface area contributed by atoms with Crippen molar-refractivity contribution in [2.24, 2.45) is 0 Å². The molecule has 3 aromatic heterocycles. The largest absolute Gasteiger partial charge is 0.445 e. The summed E-state index contributed by atoms with van der Waals surface area (Å²) >= 11 is 0. The maximum atomic E-state index is 15.4. The number of ether oxygens (including phenoxy) is 2. The molecule has 7 N–H and O–H groups in total. The minimum absolute atomic E-state index is 0.00553. The van der Waals surface area contributed by atoms with E-state index in [-0.39, 0.29) is 54.6 Å². The molecule has 3 amide bonds. The lowest BCUT2D eigenvalue weighted by molar-refractivity contribution is -0.162. The van der Waals surface area contributed by atoms with Gasteiger partial charge in [0.2, 0.25) is 5.79 Å². The highest BCUT2D eigenvalue weighted by molar-refractivity contribution is 5.96. The number of pyridine rings is 3. The number of fused-ring (bicyclic) bond motifs is 4. The monoisotopic (exact) mass is 794 g/mol. The van der Waals surface area contributed by atoms with Crippen molar-refractivity contribution >= 4 is 40.5 Å². The lowest BCUT2D eigenvalue weighted by Crippen LogP contribution is -2.41. The number of rotatable bonds is 10. The van der Waals surface area contributed by atoms with Crippen LogP contribution < -0.4 is 22.3 Å². The Morgan fingerprint density at radius 3 is 2.43 bits per heavy atom. The van der Waals surface area contributed by atoms with Crippen molar-refractivity contribution in [3.8, 4) is 11.4 Å². The Hall–Kier alpha value is -6.59. The van der Waals surface area contributed by atoms with Gasteiger partial charge in [0.15, 0.2) is 0 Å². The first-order valence-electron chi connectivity index (χ1n) is 18.5. The number of halogens is 1. The van der Waals surface area contributed by atoms with Crippen LogP contribution in [0.2, 0.25) is 0 Å². The summed E-state index contributed by atoms with van der Waals surface area (Å²) in [5.74, 6) is -3.19. The summed E-state index contributed by atoms with van der Waals surface area (Å²) in [6.07, 6.45) is -0.761. The number of benzene rings is 2. The molecule has 17 heteroatoms. The van der Waals surface area contributed by atoms with Crippen LogP contribution in [0.3, 0.4) is 0 Å². The van der Waals surface area contributed by atoms with Crippen LogP contribution in [0, 0.1) is 12.7 Å². The minimum atomic E-state index is -2.44. The minimum Gasteiger partial charge on any atom is -0.445 e. The third-order valence-corrected chi connectivity index (χ3v) is 10.7. The van der Waals surface area contributed by atoms with Crippen molar-refractivity contribution in [3.63, 3.8) is 0 Å². The number of hydrogen-bond acceptors (Lipinski definition) is 12. The fraction of sp³-hybridized carbons (Fsp3) is 0.317. The fourth-order valence-electron chi connectivity index (χ4n) is 7.52. The molecular weight excluding hydrogens is 751 g/mol. The molecule has 0 saturated carbocycles. The first kappa shape index (κ1) is 39.6. The van der Waals surface area contributed by atoms with E-state index >= 15 is 4.39 Å². The second-order valence-corrected chi connectivity index (χ2v) is 14.7. The predicted octanol–water partition coefficient (Wildman–Crippen LogP) is 3.84. The van der Waals surface area contributed by atoms with Gasteiger partial charge in [-0.15, -0.1) is 0 Å². The van der Waals surface area contributed by atoms with E-state index < -0.39 is 47.9 Å². The molecule has 2 unspecified atom stereocenters. The SMILES string of the molecule is Cc1c(F)cc2nc3c(c4c2c1CCC4NC(=O)c1cccc(N)n1)Cn1c-3cc(C(C)(O)OC(=O)N(C)CCN(C)C(=O)OCc2ccc(N)cc2)c(CO)c1=O. The molecule has 0 bridgehead atoms. The number of hydrogen-bond donors (Lipinski definition) is 5. The molecule has 0 spiro atoms. The van der Waals surface area contributed by atoms with E-state index in [1.54, 1.807) is 49.4 Å². The molecule has 7 rings (SSSR count). The number of nitrogens with one attached hydrogen (secondary N) is 1. The van der Waals surface area contributed by atoms with E-state index in [9.17, 15) is 29.4 Å². The van der Waals surface area contributed by atoms with Crippen LogP contribution in [0.15, 0.2) is 59.4 Å². The van der Waals surface area contributed by atoms with Gasteiger partial charge >= 0.3 is 12.2 Å². The first-order valence-corrected chi connectivity index (χ1v) is 18.5. The Bertz CT molecular complexity index is 2540. The van der Waals surface area contributed by atoms with Gasteiger partial charge in [-0.1, -0.05) is 18.2 Å². The van der Waals surface area contributed by atoms with Crippen LogP contribution in [0.1, 0.15) is 68.8 Å². The molecule has 1 aliphatic heterocycles. The van der Waals surface area contributed by atoms with E-state index in [0.717, 1.165) is 23.0 Å². The van der Waals surface area contributed by atoms with Crippen LogP contribution in [0.4, 0.5) is 25.5 Å². The molecule has 2 aliphatic rings. The number of aliphatic hydroxyl groups excluding tert-OH is 1. The van der Waals surface area contributed by atoms with E-state index in [4.69, 9.17) is 25.9 Å². The van der Waals surface area contributed by atoms with Gasteiger partial charge in [0.05, 0.1) is 41.7 Å². The first-order chi connectivity index (χ1) is 27.6. The Morgan fingerprint density at radius 2 is 1.74 bits per heavy atom. The molecule has 302 valence electrons. The Morgan fingerprint density at radius 1 is 1.03 bits per heavy atom.